The van der Waals surface area contributed by atoms with Crippen molar-refractivity contribution < 1.29 is 27.5 Å². The first-order chi connectivity index (χ1) is 17.3. The molecule has 1 unspecified atom stereocenters. The number of piperidine rings is 1. The van der Waals surface area contributed by atoms with E-state index in [1.54, 1.807) is 44.2 Å². The van der Waals surface area contributed by atoms with Gasteiger partial charge in [0.2, 0.25) is 0 Å². The molecule has 2 aromatic carbocycles. The number of rotatable bonds is 7. The van der Waals surface area contributed by atoms with E-state index in [1.807, 2.05) is 5.32 Å². The van der Waals surface area contributed by atoms with Crippen molar-refractivity contribution in [3.05, 3.63) is 58.1 Å². The molecule has 0 spiro atoms. The molecule has 2 bridgehead atoms. The van der Waals surface area contributed by atoms with E-state index in [4.69, 9.17) is 27.9 Å². The SMILES string of the molecule is CC(C)(Oc1ccc(Cl)c(Cl)c1)C(=O)NC1C[C@H]2CC[C@@H](C1)N2c1ccc(C(=O)NCC(F)(F)F)cc1. The molecule has 3 atom stereocenters. The van der Waals surface area contributed by atoms with E-state index < -0.39 is 24.2 Å². The zero-order valence-corrected chi connectivity index (χ0v) is 21.9. The van der Waals surface area contributed by atoms with Gasteiger partial charge in [0, 0.05) is 35.4 Å². The van der Waals surface area contributed by atoms with E-state index >= 15 is 0 Å². The Hall–Kier alpha value is -2.65. The van der Waals surface area contributed by atoms with Crippen molar-refractivity contribution in [3.8, 4) is 5.75 Å². The number of halogens is 5. The van der Waals surface area contributed by atoms with Crippen molar-refractivity contribution in [1.82, 2.24) is 10.6 Å². The fraction of sp³-hybridized carbons (Fsp3) is 0.462. The van der Waals surface area contributed by atoms with E-state index in [0.29, 0.717) is 15.8 Å². The van der Waals surface area contributed by atoms with E-state index in [9.17, 15) is 22.8 Å². The number of fused-ring (bicyclic) bond motifs is 2. The van der Waals surface area contributed by atoms with Crippen molar-refractivity contribution in [2.75, 3.05) is 11.4 Å². The minimum absolute atomic E-state index is 0.0228. The van der Waals surface area contributed by atoms with Crippen molar-refractivity contribution in [1.29, 1.82) is 0 Å². The van der Waals surface area contributed by atoms with Crippen LogP contribution in [-0.4, -0.2) is 48.3 Å². The highest BCUT2D eigenvalue weighted by molar-refractivity contribution is 6.42. The van der Waals surface area contributed by atoms with Gasteiger partial charge in [-0.2, -0.15) is 13.2 Å². The number of nitrogens with zero attached hydrogens (tertiary/aromatic N) is 1. The van der Waals surface area contributed by atoms with E-state index in [0.717, 1.165) is 31.4 Å². The monoisotopic (exact) mass is 557 g/mol. The molecule has 2 saturated heterocycles. The lowest BCUT2D eigenvalue weighted by atomic mass is 9.95. The molecule has 11 heteroatoms. The number of hydrogen-bond donors (Lipinski definition) is 2. The first-order valence-electron chi connectivity index (χ1n) is 12.0. The average molecular weight is 558 g/mol. The smallest absolute Gasteiger partial charge is 0.405 e. The highest BCUT2D eigenvalue weighted by Gasteiger charge is 2.42. The summed E-state index contributed by atoms with van der Waals surface area (Å²) < 4.78 is 43.0. The topological polar surface area (TPSA) is 70.7 Å². The summed E-state index contributed by atoms with van der Waals surface area (Å²) in [5, 5.41) is 5.76. The second-order valence-corrected chi connectivity index (χ2v) is 10.8. The lowest BCUT2D eigenvalue weighted by Gasteiger charge is -2.41. The van der Waals surface area contributed by atoms with Gasteiger partial charge in [0.25, 0.3) is 11.8 Å². The molecule has 2 aromatic rings. The first-order valence-corrected chi connectivity index (χ1v) is 12.8. The van der Waals surface area contributed by atoms with Crippen LogP contribution in [0.25, 0.3) is 0 Å². The molecule has 6 nitrogen and oxygen atoms in total. The summed E-state index contributed by atoms with van der Waals surface area (Å²) in [6.45, 7) is 2.02. The van der Waals surface area contributed by atoms with Crippen LogP contribution in [0.2, 0.25) is 10.0 Å². The van der Waals surface area contributed by atoms with Gasteiger partial charge in [0.1, 0.15) is 12.3 Å². The number of benzene rings is 2. The largest absolute Gasteiger partial charge is 0.478 e. The van der Waals surface area contributed by atoms with Crippen LogP contribution in [0.3, 0.4) is 0 Å². The van der Waals surface area contributed by atoms with Gasteiger partial charge in [0.15, 0.2) is 5.60 Å². The molecule has 2 aliphatic heterocycles. The third-order valence-corrected chi connectivity index (χ3v) is 7.50. The van der Waals surface area contributed by atoms with Crippen LogP contribution in [0.5, 0.6) is 5.75 Å². The fourth-order valence-electron chi connectivity index (χ4n) is 5.02. The molecule has 2 heterocycles. The predicted molar refractivity (Wildman–Crippen MR) is 136 cm³/mol. The van der Waals surface area contributed by atoms with Gasteiger partial charge in [-0.05, 0) is 75.9 Å². The van der Waals surface area contributed by atoms with Crippen molar-refractivity contribution >= 4 is 40.7 Å². The van der Waals surface area contributed by atoms with Gasteiger partial charge in [-0.15, -0.1) is 0 Å². The van der Waals surface area contributed by atoms with Crippen LogP contribution in [0.4, 0.5) is 18.9 Å². The molecule has 0 aliphatic carbocycles. The molecule has 37 heavy (non-hydrogen) atoms. The Kier molecular flexibility index (Phi) is 7.85. The number of nitrogens with one attached hydrogen (secondary N) is 2. The summed E-state index contributed by atoms with van der Waals surface area (Å²) in [6.07, 6.45) is -1.03. The lowest BCUT2D eigenvalue weighted by molar-refractivity contribution is -0.135. The van der Waals surface area contributed by atoms with Crippen LogP contribution in [0.15, 0.2) is 42.5 Å². The molecular formula is C26H28Cl2F3N3O3. The number of carbonyl (C=O) groups is 2. The molecular weight excluding hydrogens is 530 g/mol. The number of amides is 2. The molecule has 2 aliphatic rings. The highest BCUT2D eigenvalue weighted by Crippen LogP contribution is 2.39. The third kappa shape index (κ3) is 6.62. The fourth-order valence-corrected chi connectivity index (χ4v) is 5.31. The zero-order chi connectivity index (χ0) is 27.0. The molecule has 4 rings (SSSR count). The maximum Gasteiger partial charge on any atom is 0.405 e. The molecule has 2 amide bonds. The van der Waals surface area contributed by atoms with Gasteiger partial charge in [-0.25, -0.2) is 0 Å². The van der Waals surface area contributed by atoms with Gasteiger partial charge < -0.3 is 20.3 Å². The lowest BCUT2D eigenvalue weighted by Crippen LogP contribution is -2.55. The normalized spacial score (nSPS) is 21.5. The minimum Gasteiger partial charge on any atom is -0.478 e. The summed E-state index contributed by atoms with van der Waals surface area (Å²) in [7, 11) is 0. The zero-order valence-electron chi connectivity index (χ0n) is 20.4. The van der Waals surface area contributed by atoms with Gasteiger partial charge in [-0.1, -0.05) is 23.2 Å². The quantitative estimate of drug-likeness (QED) is 0.454. The number of hydrogen-bond acceptors (Lipinski definition) is 4. The predicted octanol–water partition coefficient (Wildman–Crippen LogP) is 5.76. The van der Waals surface area contributed by atoms with Crippen molar-refractivity contribution in [2.24, 2.45) is 0 Å². The van der Waals surface area contributed by atoms with E-state index in [1.165, 1.54) is 12.1 Å². The average Bonchev–Trinajstić information content (AvgIpc) is 3.09. The van der Waals surface area contributed by atoms with Gasteiger partial charge in [-0.3, -0.25) is 9.59 Å². The van der Waals surface area contributed by atoms with Crippen molar-refractivity contribution in [2.45, 2.75) is 69.4 Å². The van der Waals surface area contributed by atoms with Gasteiger partial charge >= 0.3 is 6.18 Å². The maximum atomic E-state index is 13.1. The van der Waals surface area contributed by atoms with E-state index in [2.05, 4.69) is 10.2 Å². The second kappa shape index (κ2) is 10.6. The van der Waals surface area contributed by atoms with Crippen LogP contribution < -0.4 is 20.3 Å². The minimum atomic E-state index is -4.46. The molecule has 2 fully saturated rings. The number of carbonyl (C=O) groups excluding carboxylic acids is 2. The Morgan fingerprint density at radius 1 is 1.00 bits per heavy atom. The van der Waals surface area contributed by atoms with Crippen LogP contribution in [0.1, 0.15) is 49.9 Å². The Morgan fingerprint density at radius 3 is 2.19 bits per heavy atom. The summed E-state index contributed by atoms with van der Waals surface area (Å²) in [4.78, 5) is 27.4. The molecule has 0 radical (unpaired) electrons. The Labute approximate surface area is 223 Å². The number of ether oxygens (including phenoxy) is 1. The third-order valence-electron chi connectivity index (χ3n) is 6.76. The van der Waals surface area contributed by atoms with E-state index in [-0.39, 0.29) is 29.6 Å². The highest BCUT2D eigenvalue weighted by atomic mass is 35.5. The van der Waals surface area contributed by atoms with Crippen LogP contribution in [0, 0.1) is 0 Å². The first kappa shape index (κ1) is 27.4. The molecule has 200 valence electrons. The number of alkyl halides is 3. The maximum absolute atomic E-state index is 13.1. The second-order valence-electron chi connectivity index (χ2n) is 9.97. The summed E-state index contributed by atoms with van der Waals surface area (Å²) in [5.74, 6) is -0.551. The molecule has 0 aromatic heterocycles. The van der Waals surface area contributed by atoms with Crippen LogP contribution in [-0.2, 0) is 4.79 Å². The van der Waals surface area contributed by atoms with Crippen molar-refractivity contribution in [3.63, 3.8) is 0 Å². The number of anilines is 1. The summed E-state index contributed by atoms with van der Waals surface area (Å²) in [6, 6.07) is 11.8. The standard InChI is InChI=1S/C26H28Cl2F3N3O3/c1-25(2,37-20-9-10-21(27)22(28)13-20)24(36)33-16-11-18-7-8-19(12-16)34(18)17-5-3-15(4-6-17)23(35)32-14-26(29,30)31/h3-6,9-10,13,16,18-19H,7-8,11-12,14H2,1-2H3,(H,32,35)(H,33,36)/t16?,18-,19+. The molecule has 2 N–H and O–H groups in total. The Balaban J connectivity index is 1.35. The summed E-state index contributed by atoms with van der Waals surface area (Å²) in [5.41, 5.74) is -0.0461. The summed E-state index contributed by atoms with van der Waals surface area (Å²) >= 11 is 12.0. The molecule has 0 saturated carbocycles. The Morgan fingerprint density at radius 2 is 1.62 bits per heavy atom. The Bertz CT molecular complexity index is 1140. The van der Waals surface area contributed by atoms with Crippen LogP contribution >= 0.6 is 23.2 Å². The van der Waals surface area contributed by atoms with Gasteiger partial charge in [0.05, 0.1) is 10.0 Å².